The van der Waals surface area contributed by atoms with Crippen LogP contribution in [0.5, 0.6) is 0 Å². The van der Waals surface area contributed by atoms with Gasteiger partial charge in [-0.3, -0.25) is 0 Å². The van der Waals surface area contributed by atoms with E-state index in [1.807, 2.05) is 18.2 Å². The van der Waals surface area contributed by atoms with E-state index < -0.39 is 51.8 Å². The fourth-order valence-electron chi connectivity index (χ4n) is 6.87. The van der Waals surface area contributed by atoms with Gasteiger partial charge in [-0.25, -0.2) is 0 Å². The fourth-order valence-corrected chi connectivity index (χ4v) is 13.3. The molecule has 0 nitrogen and oxygen atoms in total. The van der Waals surface area contributed by atoms with E-state index in [4.69, 9.17) is 139 Å². The molecule has 0 aromatic heterocycles. The molecule has 0 spiro atoms. The van der Waals surface area contributed by atoms with Gasteiger partial charge < -0.3 is 0 Å². The second-order valence-corrected chi connectivity index (χ2v) is 16.5. The van der Waals surface area contributed by atoms with E-state index in [2.05, 4.69) is 15.9 Å². The molecule has 13 heteroatoms. The zero-order valence-electron chi connectivity index (χ0n) is 15.5. The Morgan fingerprint density at radius 3 is 1.33 bits per heavy atom. The summed E-state index contributed by atoms with van der Waals surface area (Å²) in [6.07, 6.45) is 0. The average Bonchev–Trinajstić information content (AvgIpc) is 3.08. The van der Waals surface area contributed by atoms with Gasteiger partial charge >= 0.3 is 0 Å². The van der Waals surface area contributed by atoms with Gasteiger partial charge in [-0.05, 0) is 23.3 Å². The number of rotatable bonds is 0. The van der Waals surface area contributed by atoms with Crippen LogP contribution in [0.25, 0.3) is 0 Å². The molecule has 2 fully saturated rings. The van der Waals surface area contributed by atoms with E-state index in [1.54, 1.807) is 0 Å². The van der Waals surface area contributed by atoms with Crippen molar-refractivity contribution in [1.82, 2.24) is 0 Å². The molecule has 0 heterocycles. The second-order valence-electron chi connectivity index (χ2n) is 9.03. The minimum absolute atomic E-state index is 0.0388. The minimum atomic E-state index is -1.82. The first-order chi connectivity index (χ1) is 15.0. The van der Waals surface area contributed by atoms with Gasteiger partial charge in [-0.1, -0.05) is 115 Å². The topological polar surface area (TPSA) is 0 Å². The summed E-state index contributed by atoms with van der Waals surface area (Å²) in [4.78, 5) is -6.42. The fraction of sp³-hybridized carbons (Fsp3) is 0.500. The van der Waals surface area contributed by atoms with Crippen LogP contribution in [0.15, 0.2) is 42.8 Å². The Morgan fingerprint density at radius 1 is 0.545 bits per heavy atom. The number of hydrogen-bond acceptors (Lipinski definition) is 0. The molecule has 5 aliphatic carbocycles. The van der Waals surface area contributed by atoms with Gasteiger partial charge in [0, 0.05) is 28.1 Å². The maximum absolute atomic E-state index is 7.28. The van der Waals surface area contributed by atoms with Crippen LogP contribution in [0, 0.1) is 11.8 Å². The third-order valence-electron chi connectivity index (χ3n) is 8.09. The van der Waals surface area contributed by atoms with Crippen molar-refractivity contribution in [1.29, 1.82) is 0 Å². The van der Waals surface area contributed by atoms with Crippen LogP contribution in [-0.4, -0.2) is 28.2 Å². The summed E-state index contributed by atoms with van der Waals surface area (Å²) in [6.45, 7) is 0. The molecule has 33 heavy (non-hydrogen) atoms. The summed E-state index contributed by atoms with van der Waals surface area (Å²) in [7, 11) is 0. The van der Waals surface area contributed by atoms with Gasteiger partial charge in [0.15, 0.2) is 8.67 Å². The third-order valence-corrected chi connectivity index (χ3v) is 17.1. The summed E-state index contributed by atoms with van der Waals surface area (Å²) in [6, 6.07) is 5.64. The molecule has 2 saturated carbocycles. The molecule has 4 unspecified atom stereocenters. The molecule has 6 rings (SSSR count). The number of fused-ring (bicyclic) bond motifs is 14. The quantitative estimate of drug-likeness (QED) is 0.232. The van der Waals surface area contributed by atoms with E-state index >= 15 is 0 Å². The molecule has 0 saturated heterocycles. The maximum atomic E-state index is 7.28. The predicted molar refractivity (Wildman–Crippen MR) is 147 cm³/mol. The third kappa shape index (κ3) is 2.27. The molecule has 4 bridgehead atoms. The number of allylic oxidation sites excluding steroid dienone is 4. The van der Waals surface area contributed by atoms with Crippen molar-refractivity contribution in [2.24, 2.45) is 11.8 Å². The standard InChI is InChI=1S/C20H7BrCl12/c21-4-1-2-5-6(3-4)8-10(18(29)14(25)12(23)16(8,27)20(18,32)33)9-7(5)15(26)11(22)13(24)17(9,28)19(15,30)31/h1-3,7-10H/t7?,8?,9?,10?,15-,16-,17+,18+/m0/s1. The largest absolute Gasteiger partial charge is 0.167 e. The van der Waals surface area contributed by atoms with Gasteiger partial charge in [-0.2, -0.15) is 0 Å². The summed E-state index contributed by atoms with van der Waals surface area (Å²) >= 11 is 87.1. The number of hydrogen-bond donors (Lipinski definition) is 0. The molecule has 1 aromatic carbocycles. The molecule has 5 aliphatic rings. The maximum Gasteiger partial charge on any atom is 0.167 e. The Balaban J connectivity index is 1.79. The molecule has 0 radical (unpaired) electrons. The lowest BCUT2D eigenvalue weighted by molar-refractivity contribution is 0.201. The Bertz CT molecular complexity index is 1240. The molecular formula is C20H7BrCl12. The Labute approximate surface area is 258 Å². The van der Waals surface area contributed by atoms with E-state index in [9.17, 15) is 0 Å². The number of benzene rings is 1. The van der Waals surface area contributed by atoms with Crippen molar-refractivity contribution in [2.75, 3.05) is 0 Å². The molecule has 0 aliphatic heterocycles. The van der Waals surface area contributed by atoms with Crippen LogP contribution < -0.4 is 0 Å². The first-order valence-electron chi connectivity index (χ1n) is 9.43. The predicted octanol–water partition coefficient (Wildman–Crippen LogP) is 10.6. The van der Waals surface area contributed by atoms with E-state index in [-0.39, 0.29) is 20.1 Å². The van der Waals surface area contributed by atoms with Crippen molar-refractivity contribution in [2.45, 2.75) is 40.0 Å². The first-order valence-corrected chi connectivity index (χ1v) is 14.8. The lowest BCUT2D eigenvalue weighted by Gasteiger charge is -2.52. The summed E-state index contributed by atoms with van der Waals surface area (Å²) in [5.41, 5.74) is 1.53. The summed E-state index contributed by atoms with van der Waals surface area (Å²) < 4.78 is -2.86. The van der Waals surface area contributed by atoms with Crippen molar-refractivity contribution < 1.29 is 0 Å². The molecule has 178 valence electrons. The highest BCUT2D eigenvalue weighted by Gasteiger charge is 2.91. The minimum Gasteiger partial charge on any atom is -0.109 e. The highest BCUT2D eigenvalue weighted by atomic mass is 79.9. The van der Waals surface area contributed by atoms with E-state index in [1.165, 1.54) is 0 Å². The lowest BCUT2D eigenvalue weighted by atomic mass is 9.57. The van der Waals surface area contributed by atoms with Crippen LogP contribution in [0.4, 0.5) is 0 Å². The smallest absolute Gasteiger partial charge is 0.109 e. The van der Waals surface area contributed by atoms with Crippen LogP contribution in [0.2, 0.25) is 0 Å². The zero-order chi connectivity index (χ0) is 24.5. The molecule has 0 amide bonds. The second kappa shape index (κ2) is 7.04. The van der Waals surface area contributed by atoms with E-state index in [0.717, 1.165) is 15.6 Å². The monoisotopic (exact) mass is 746 g/mol. The molecular weight excluding hydrogens is 746 g/mol. The van der Waals surface area contributed by atoms with Gasteiger partial charge in [0.1, 0.15) is 19.5 Å². The van der Waals surface area contributed by atoms with Gasteiger partial charge in [0.2, 0.25) is 0 Å². The molecule has 8 atom stereocenters. The van der Waals surface area contributed by atoms with Crippen molar-refractivity contribution in [3.8, 4) is 0 Å². The summed E-state index contributed by atoms with van der Waals surface area (Å²) in [5, 5.41) is 0.233. The molecule has 1 aromatic rings. The van der Waals surface area contributed by atoms with Gasteiger partial charge in [0.05, 0.1) is 20.1 Å². The first kappa shape index (κ1) is 25.9. The average molecular weight is 753 g/mol. The van der Waals surface area contributed by atoms with Crippen LogP contribution in [0.1, 0.15) is 23.0 Å². The van der Waals surface area contributed by atoms with Crippen molar-refractivity contribution in [3.05, 3.63) is 53.9 Å². The number of alkyl halides is 8. The van der Waals surface area contributed by atoms with E-state index in [0.29, 0.717) is 0 Å². The van der Waals surface area contributed by atoms with Crippen LogP contribution in [-0.2, 0) is 0 Å². The zero-order valence-corrected chi connectivity index (χ0v) is 26.1. The lowest BCUT2D eigenvalue weighted by Crippen LogP contribution is -2.53. The van der Waals surface area contributed by atoms with Crippen LogP contribution >= 0.6 is 155 Å². The highest BCUT2D eigenvalue weighted by Crippen LogP contribution is 2.88. The Kier molecular flexibility index (Phi) is 5.53. The normalized spacial score (nSPS) is 50.1. The number of halogens is 13. The molecule has 0 N–H and O–H groups in total. The highest BCUT2D eigenvalue weighted by molar-refractivity contribution is 9.10. The Morgan fingerprint density at radius 2 is 0.909 bits per heavy atom. The van der Waals surface area contributed by atoms with Crippen LogP contribution in [0.3, 0.4) is 0 Å². The Hall–Kier alpha value is 2.66. The summed E-state index contributed by atoms with van der Waals surface area (Å²) in [5.74, 6) is -2.65. The van der Waals surface area contributed by atoms with Gasteiger partial charge in [0.25, 0.3) is 0 Å². The van der Waals surface area contributed by atoms with Crippen molar-refractivity contribution >= 4 is 155 Å². The SMILES string of the molecule is ClC1=C(Cl)[C@]2(Cl)C3C(c4ccc(Br)cc4C4C3[C@@]3(Cl)C(Cl)=C(Cl)[C@]4(Cl)C3(Cl)Cl)[C@@]1(Cl)C2(Cl)Cl. The van der Waals surface area contributed by atoms with Gasteiger partial charge in [-0.15, -0.1) is 46.4 Å². The van der Waals surface area contributed by atoms with Crippen molar-refractivity contribution in [3.63, 3.8) is 0 Å².